The molecule has 1 N–H and O–H groups in total. The second kappa shape index (κ2) is 9.07. The summed E-state index contributed by atoms with van der Waals surface area (Å²) in [6, 6.07) is 17.2. The maximum Gasteiger partial charge on any atom is 0.264 e. The van der Waals surface area contributed by atoms with E-state index >= 15 is 0 Å². The van der Waals surface area contributed by atoms with Crippen molar-refractivity contribution in [3.05, 3.63) is 82.4 Å². The fraction of sp³-hybridized carbons (Fsp3) is 0.273. The maximum absolute atomic E-state index is 12.7. The lowest BCUT2D eigenvalue weighted by Crippen LogP contribution is -2.52. The molecule has 0 aliphatic carbocycles. The Morgan fingerprint density at radius 1 is 0.966 bits per heavy atom. The monoisotopic (exact) mass is 409 g/mol. The minimum absolute atomic E-state index is 0.0284. The van der Waals surface area contributed by atoms with Gasteiger partial charge in [0.15, 0.2) is 0 Å². The highest BCUT2D eigenvalue weighted by atomic mass is 32.1. The van der Waals surface area contributed by atoms with Gasteiger partial charge in [-0.05, 0) is 29.1 Å². The van der Waals surface area contributed by atoms with Gasteiger partial charge in [0.2, 0.25) is 5.91 Å². The zero-order chi connectivity index (χ0) is 20.1. The summed E-state index contributed by atoms with van der Waals surface area (Å²) >= 11 is 1.45. The normalized spacial score (nSPS) is 15.3. The first-order chi connectivity index (χ1) is 14.2. The molecule has 7 heteroatoms. The summed E-state index contributed by atoms with van der Waals surface area (Å²) in [4.78, 5) is 29.6. The van der Waals surface area contributed by atoms with Crippen LogP contribution in [0.5, 0.6) is 0 Å². The third-order valence-corrected chi connectivity index (χ3v) is 5.93. The second-order valence-corrected chi connectivity index (χ2v) is 7.84. The number of furan rings is 1. The van der Waals surface area contributed by atoms with Gasteiger partial charge in [-0.1, -0.05) is 36.4 Å². The van der Waals surface area contributed by atoms with Gasteiger partial charge in [0.1, 0.15) is 5.76 Å². The van der Waals surface area contributed by atoms with Crippen LogP contribution in [0.2, 0.25) is 0 Å². The van der Waals surface area contributed by atoms with Gasteiger partial charge in [-0.25, -0.2) is 0 Å². The third-order valence-electron chi connectivity index (χ3n) is 5.07. The van der Waals surface area contributed by atoms with E-state index in [1.807, 2.05) is 69.8 Å². The van der Waals surface area contributed by atoms with E-state index in [0.717, 1.165) is 16.2 Å². The lowest BCUT2D eigenvalue weighted by Gasteiger charge is -2.35. The van der Waals surface area contributed by atoms with Gasteiger partial charge in [-0.15, -0.1) is 11.3 Å². The summed E-state index contributed by atoms with van der Waals surface area (Å²) in [7, 11) is 0. The number of nitrogens with zero attached hydrogens (tertiary/aromatic N) is 2. The first-order valence-electron chi connectivity index (χ1n) is 9.64. The quantitative estimate of drug-likeness (QED) is 0.680. The molecule has 1 saturated heterocycles. The van der Waals surface area contributed by atoms with Crippen LogP contribution in [-0.4, -0.2) is 54.3 Å². The third kappa shape index (κ3) is 4.58. The molecule has 3 heterocycles. The Morgan fingerprint density at radius 2 is 1.72 bits per heavy atom. The molecular formula is C22H23N3O3S. The van der Waals surface area contributed by atoms with Gasteiger partial charge >= 0.3 is 0 Å². The van der Waals surface area contributed by atoms with Crippen molar-refractivity contribution in [1.82, 2.24) is 15.1 Å². The number of piperazine rings is 1. The van der Waals surface area contributed by atoms with Gasteiger partial charge in [-0.2, -0.15) is 0 Å². The van der Waals surface area contributed by atoms with Crippen molar-refractivity contribution in [3.63, 3.8) is 0 Å². The summed E-state index contributed by atoms with van der Waals surface area (Å²) in [5, 5.41) is 5.23. The summed E-state index contributed by atoms with van der Waals surface area (Å²) in [6.45, 7) is 2.42. The van der Waals surface area contributed by atoms with Gasteiger partial charge < -0.3 is 14.2 Å². The van der Waals surface area contributed by atoms with E-state index in [0.29, 0.717) is 26.2 Å². The number of nitrogens with one attached hydrogen (secondary N) is 1. The largest absolute Gasteiger partial charge is 0.467 e. The molecule has 1 aromatic carbocycles. The summed E-state index contributed by atoms with van der Waals surface area (Å²) in [5.74, 6) is 0.850. The Hall–Kier alpha value is -2.90. The summed E-state index contributed by atoms with van der Waals surface area (Å²) in [6.07, 6.45) is 1.64. The average molecular weight is 410 g/mol. The lowest BCUT2D eigenvalue weighted by molar-refractivity contribution is -0.131. The predicted octanol–water partition coefficient (Wildman–Crippen LogP) is 3.00. The van der Waals surface area contributed by atoms with E-state index in [1.165, 1.54) is 11.3 Å². The van der Waals surface area contributed by atoms with Crippen LogP contribution in [0.15, 0.2) is 70.7 Å². The zero-order valence-corrected chi connectivity index (χ0v) is 16.8. The number of carbonyl (C=O) groups excluding carboxylic acids is 2. The van der Waals surface area contributed by atoms with Gasteiger partial charge in [0.25, 0.3) is 5.91 Å². The van der Waals surface area contributed by atoms with Crippen molar-refractivity contribution >= 4 is 23.2 Å². The zero-order valence-electron chi connectivity index (χ0n) is 16.0. The molecule has 0 saturated carbocycles. The van der Waals surface area contributed by atoms with Crippen LogP contribution in [0.1, 0.15) is 27.0 Å². The number of hydrogen-bond donors (Lipinski definition) is 1. The van der Waals surface area contributed by atoms with Gasteiger partial charge in [0.05, 0.1) is 23.7 Å². The number of thiophene rings is 1. The van der Waals surface area contributed by atoms with E-state index in [-0.39, 0.29) is 24.4 Å². The predicted molar refractivity (Wildman–Crippen MR) is 112 cm³/mol. The average Bonchev–Trinajstić information content (AvgIpc) is 3.49. The first-order valence-corrected chi connectivity index (χ1v) is 10.5. The number of carbonyl (C=O) groups is 2. The molecule has 6 nitrogen and oxygen atoms in total. The number of amides is 2. The van der Waals surface area contributed by atoms with Crippen LogP contribution < -0.4 is 5.32 Å². The van der Waals surface area contributed by atoms with Crippen LogP contribution in [-0.2, 0) is 4.79 Å². The molecule has 4 rings (SSSR count). The van der Waals surface area contributed by atoms with Crippen LogP contribution in [0.3, 0.4) is 0 Å². The lowest BCUT2D eigenvalue weighted by atomic mass is 10.0. The Balaban J connectivity index is 1.33. The van der Waals surface area contributed by atoms with Crippen molar-refractivity contribution in [2.24, 2.45) is 0 Å². The van der Waals surface area contributed by atoms with Crippen LogP contribution in [0.4, 0.5) is 0 Å². The van der Waals surface area contributed by atoms with Crippen molar-refractivity contribution < 1.29 is 14.0 Å². The highest BCUT2D eigenvalue weighted by molar-refractivity contribution is 7.12. The Labute approximate surface area is 173 Å². The van der Waals surface area contributed by atoms with E-state index in [4.69, 9.17) is 4.42 Å². The van der Waals surface area contributed by atoms with Crippen LogP contribution in [0, 0.1) is 0 Å². The molecule has 0 unspecified atom stereocenters. The minimum atomic E-state index is -0.183. The van der Waals surface area contributed by atoms with Crippen LogP contribution in [0.25, 0.3) is 0 Å². The Bertz CT molecular complexity index is 918. The number of hydrogen-bond acceptors (Lipinski definition) is 5. The number of benzene rings is 1. The maximum atomic E-state index is 12.7. The first kappa shape index (κ1) is 19.4. The molecule has 3 aromatic rings. The van der Waals surface area contributed by atoms with E-state index in [1.54, 1.807) is 6.26 Å². The molecule has 1 aliphatic heterocycles. The van der Waals surface area contributed by atoms with Crippen LogP contribution >= 0.6 is 11.3 Å². The fourth-order valence-electron chi connectivity index (χ4n) is 3.50. The Kier molecular flexibility index (Phi) is 6.07. The smallest absolute Gasteiger partial charge is 0.264 e. The topological polar surface area (TPSA) is 65.8 Å². The van der Waals surface area contributed by atoms with Crippen molar-refractivity contribution in [1.29, 1.82) is 0 Å². The van der Waals surface area contributed by atoms with Crippen molar-refractivity contribution in [2.75, 3.05) is 32.7 Å². The molecule has 0 spiro atoms. The molecule has 29 heavy (non-hydrogen) atoms. The number of rotatable bonds is 6. The molecule has 150 valence electrons. The van der Waals surface area contributed by atoms with Gasteiger partial charge in [0, 0.05) is 26.2 Å². The van der Waals surface area contributed by atoms with E-state index in [9.17, 15) is 9.59 Å². The SMILES string of the molecule is O=C(CN[C@H](c1ccccc1)c1ccco1)N1CCN(C(=O)c2cccs2)CC1. The van der Waals surface area contributed by atoms with E-state index in [2.05, 4.69) is 5.32 Å². The summed E-state index contributed by atoms with van der Waals surface area (Å²) < 4.78 is 5.57. The van der Waals surface area contributed by atoms with Crippen molar-refractivity contribution in [2.45, 2.75) is 6.04 Å². The second-order valence-electron chi connectivity index (χ2n) is 6.89. The molecular weight excluding hydrogens is 386 g/mol. The van der Waals surface area contributed by atoms with E-state index < -0.39 is 0 Å². The highest BCUT2D eigenvalue weighted by Gasteiger charge is 2.26. The molecule has 1 fully saturated rings. The van der Waals surface area contributed by atoms with Crippen molar-refractivity contribution in [3.8, 4) is 0 Å². The molecule has 2 amide bonds. The molecule has 0 radical (unpaired) electrons. The minimum Gasteiger partial charge on any atom is -0.467 e. The Morgan fingerprint density at radius 3 is 2.38 bits per heavy atom. The molecule has 1 atom stereocenters. The fourth-order valence-corrected chi connectivity index (χ4v) is 4.19. The molecule has 0 bridgehead atoms. The standard InChI is InChI=1S/C22H23N3O3S/c26-20(24-10-12-25(13-11-24)22(27)19-9-5-15-29-19)16-23-21(18-8-4-14-28-18)17-6-2-1-3-7-17/h1-9,14-15,21,23H,10-13,16H2/t21-/m1/s1. The summed E-state index contributed by atoms with van der Waals surface area (Å²) in [5.41, 5.74) is 1.04. The molecule has 1 aliphatic rings. The highest BCUT2D eigenvalue weighted by Crippen LogP contribution is 2.22. The van der Waals surface area contributed by atoms with Gasteiger partial charge in [-0.3, -0.25) is 14.9 Å². The molecule has 2 aromatic heterocycles.